The van der Waals surface area contributed by atoms with Crippen molar-refractivity contribution in [2.24, 2.45) is 5.73 Å². The molecular weight excluding hydrogens is 192 g/mol. The molecular formula is C7H11ClN4O. The summed E-state index contributed by atoms with van der Waals surface area (Å²) in [5, 5.41) is 4.20. The largest absolute Gasteiger partial charge is 0.381 e. The standard InChI is InChI=1S/C7H11ClN4O/c1-2-5(7(10)13)12-3-4(8)6(9)11-12/h3,5H,2H2,1H3,(H2,9,11)(H2,10,13). The molecule has 1 aromatic rings. The smallest absolute Gasteiger partial charge is 0.242 e. The van der Waals surface area contributed by atoms with Crippen molar-refractivity contribution in [3.05, 3.63) is 11.2 Å². The normalized spacial score (nSPS) is 12.8. The predicted molar refractivity (Wildman–Crippen MR) is 50.2 cm³/mol. The zero-order chi connectivity index (χ0) is 10.0. The number of amides is 1. The Bertz CT molecular complexity index is 303. The van der Waals surface area contributed by atoms with E-state index in [2.05, 4.69) is 5.10 Å². The number of hydrogen-bond acceptors (Lipinski definition) is 3. The van der Waals surface area contributed by atoms with E-state index in [1.165, 1.54) is 10.9 Å². The average molecular weight is 203 g/mol. The molecule has 0 aliphatic carbocycles. The Kier molecular flexibility index (Phi) is 2.77. The van der Waals surface area contributed by atoms with Crippen LogP contribution in [0.25, 0.3) is 0 Å². The van der Waals surface area contributed by atoms with Crippen LogP contribution >= 0.6 is 11.6 Å². The molecule has 0 aliphatic rings. The Labute approximate surface area is 80.6 Å². The Morgan fingerprint density at radius 3 is 2.77 bits per heavy atom. The quantitative estimate of drug-likeness (QED) is 0.751. The lowest BCUT2D eigenvalue weighted by Gasteiger charge is -2.10. The summed E-state index contributed by atoms with van der Waals surface area (Å²) in [7, 11) is 0. The SMILES string of the molecule is CCC(C(N)=O)n1cc(Cl)c(N)n1. The van der Waals surface area contributed by atoms with Gasteiger partial charge in [0.15, 0.2) is 5.82 Å². The first-order valence-corrected chi connectivity index (χ1v) is 4.23. The van der Waals surface area contributed by atoms with Crippen LogP contribution in [0.15, 0.2) is 6.20 Å². The van der Waals surface area contributed by atoms with E-state index in [0.29, 0.717) is 11.4 Å². The maximum atomic E-state index is 10.9. The van der Waals surface area contributed by atoms with Gasteiger partial charge in [-0.25, -0.2) is 0 Å². The Hall–Kier alpha value is -1.23. The number of carbonyl (C=O) groups is 1. The number of hydrogen-bond donors (Lipinski definition) is 2. The minimum atomic E-state index is -0.477. The lowest BCUT2D eigenvalue weighted by molar-refractivity contribution is -0.121. The highest BCUT2D eigenvalue weighted by Crippen LogP contribution is 2.19. The molecule has 0 fully saturated rings. The molecule has 1 heterocycles. The van der Waals surface area contributed by atoms with Gasteiger partial charge >= 0.3 is 0 Å². The van der Waals surface area contributed by atoms with Crippen LogP contribution in [0.3, 0.4) is 0 Å². The first-order valence-electron chi connectivity index (χ1n) is 3.85. The number of halogens is 1. The van der Waals surface area contributed by atoms with Crippen molar-refractivity contribution in [3.8, 4) is 0 Å². The van der Waals surface area contributed by atoms with Crippen molar-refractivity contribution < 1.29 is 4.79 Å². The van der Waals surface area contributed by atoms with Crippen molar-refractivity contribution in [3.63, 3.8) is 0 Å². The lowest BCUT2D eigenvalue weighted by atomic mass is 10.2. The van der Waals surface area contributed by atoms with E-state index in [9.17, 15) is 4.79 Å². The zero-order valence-corrected chi connectivity index (χ0v) is 7.95. The van der Waals surface area contributed by atoms with Crippen LogP contribution in [0.1, 0.15) is 19.4 Å². The Balaban J connectivity index is 2.98. The molecule has 0 aromatic carbocycles. The highest BCUT2D eigenvalue weighted by molar-refractivity contribution is 6.32. The third kappa shape index (κ3) is 1.92. The molecule has 5 nitrogen and oxygen atoms in total. The molecule has 13 heavy (non-hydrogen) atoms. The summed E-state index contributed by atoms with van der Waals surface area (Å²) < 4.78 is 1.39. The van der Waals surface area contributed by atoms with Crippen LogP contribution in [0.4, 0.5) is 5.82 Å². The third-order valence-electron chi connectivity index (χ3n) is 1.75. The Morgan fingerprint density at radius 1 is 1.85 bits per heavy atom. The van der Waals surface area contributed by atoms with E-state index >= 15 is 0 Å². The summed E-state index contributed by atoms with van der Waals surface area (Å²) in [6, 6.07) is -0.477. The maximum absolute atomic E-state index is 10.9. The second kappa shape index (κ2) is 3.66. The topological polar surface area (TPSA) is 86.9 Å². The van der Waals surface area contributed by atoms with Crippen LogP contribution < -0.4 is 11.5 Å². The van der Waals surface area contributed by atoms with Crippen molar-refractivity contribution in [1.82, 2.24) is 9.78 Å². The second-order valence-corrected chi connectivity index (χ2v) is 3.08. The number of anilines is 1. The van der Waals surface area contributed by atoms with Crippen molar-refractivity contribution >= 4 is 23.3 Å². The van der Waals surface area contributed by atoms with E-state index < -0.39 is 11.9 Å². The minimum Gasteiger partial charge on any atom is -0.381 e. The first kappa shape index (κ1) is 9.85. The van der Waals surface area contributed by atoms with E-state index in [4.69, 9.17) is 23.1 Å². The number of aromatic nitrogens is 2. The van der Waals surface area contributed by atoms with Gasteiger partial charge in [-0.3, -0.25) is 9.48 Å². The van der Waals surface area contributed by atoms with Crippen molar-refractivity contribution in [2.45, 2.75) is 19.4 Å². The van der Waals surface area contributed by atoms with Gasteiger partial charge in [0.05, 0.1) is 0 Å². The molecule has 0 spiro atoms. The van der Waals surface area contributed by atoms with E-state index in [-0.39, 0.29) is 5.82 Å². The van der Waals surface area contributed by atoms with Crippen LogP contribution in [0.5, 0.6) is 0 Å². The van der Waals surface area contributed by atoms with Gasteiger partial charge in [-0.2, -0.15) is 5.10 Å². The van der Waals surface area contributed by atoms with Gasteiger partial charge in [0.25, 0.3) is 0 Å². The molecule has 1 aromatic heterocycles. The molecule has 0 radical (unpaired) electrons. The molecule has 0 saturated carbocycles. The summed E-state index contributed by atoms with van der Waals surface area (Å²) in [6.07, 6.45) is 2.06. The highest BCUT2D eigenvalue weighted by atomic mass is 35.5. The van der Waals surface area contributed by atoms with Crippen LogP contribution in [-0.2, 0) is 4.79 Å². The summed E-state index contributed by atoms with van der Waals surface area (Å²) in [6.45, 7) is 1.83. The van der Waals surface area contributed by atoms with Crippen molar-refractivity contribution in [2.75, 3.05) is 5.73 Å². The molecule has 4 N–H and O–H groups in total. The molecule has 1 atom stereocenters. The summed E-state index contributed by atoms with van der Waals surface area (Å²) in [4.78, 5) is 10.9. The van der Waals surface area contributed by atoms with Crippen LogP contribution in [0.2, 0.25) is 5.02 Å². The summed E-state index contributed by atoms with van der Waals surface area (Å²) in [5.74, 6) is -0.233. The number of nitrogens with zero attached hydrogens (tertiary/aromatic N) is 2. The molecule has 6 heteroatoms. The number of carbonyl (C=O) groups excluding carboxylic acids is 1. The van der Waals surface area contributed by atoms with Gasteiger partial charge in [-0.05, 0) is 6.42 Å². The van der Waals surface area contributed by atoms with Gasteiger partial charge < -0.3 is 11.5 Å². The van der Waals surface area contributed by atoms with E-state index in [1.54, 1.807) is 0 Å². The molecule has 0 saturated heterocycles. The molecule has 1 unspecified atom stereocenters. The zero-order valence-electron chi connectivity index (χ0n) is 7.20. The first-order chi connectivity index (χ1) is 6.06. The van der Waals surface area contributed by atoms with Gasteiger partial charge in [-0.1, -0.05) is 18.5 Å². The Morgan fingerprint density at radius 2 is 2.46 bits per heavy atom. The van der Waals surface area contributed by atoms with Gasteiger partial charge in [0.2, 0.25) is 5.91 Å². The molecule has 1 rings (SSSR count). The molecule has 1 amide bonds. The fourth-order valence-corrected chi connectivity index (χ4v) is 1.20. The maximum Gasteiger partial charge on any atom is 0.242 e. The summed E-state index contributed by atoms with van der Waals surface area (Å²) >= 11 is 5.67. The van der Waals surface area contributed by atoms with Crippen LogP contribution in [0, 0.1) is 0 Å². The van der Waals surface area contributed by atoms with E-state index in [0.717, 1.165) is 0 Å². The monoisotopic (exact) mass is 202 g/mol. The predicted octanol–water partition coefficient (Wildman–Crippen LogP) is 0.555. The molecule has 72 valence electrons. The fourth-order valence-electron chi connectivity index (χ4n) is 1.06. The van der Waals surface area contributed by atoms with Crippen molar-refractivity contribution in [1.29, 1.82) is 0 Å². The summed E-state index contributed by atoms with van der Waals surface area (Å²) in [5.41, 5.74) is 10.6. The second-order valence-electron chi connectivity index (χ2n) is 2.67. The third-order valence-corrected chi connectivity index (χ3v) is 2.04. The lowest BCUT2D eigenvalue weighted by Crippen LogP contribution is -2.26. The fraction of sp³-hybridized carbons (Fsp3) is 0.429. The van der Waals surface area contributed by atoms with Gasteiger partial charge in [0, 0.05) is 6.20 Å². The number of rotatable bonds is 3. The number of primary amides is 1. The van der Waals surface area contributed by atoms with Crippen LogP contribution in [-0.4, -0.2) is 15.7 Å². The number of nitrogens with two attached hydrogens (primary N) is 2. The van der Waals surface area contributed by atoms with E-state index in [1.807, 2.05) is 6.92 Å². The highest BCUT2D eigenvalue weighted by Gasteiger charge is 2.17. The van der Waals surface area contributed by atoms with Gasteiger partial charge in [-0.15, -0.1) is 0 Å². The molecule has 0 bridgehead atoms. The average Bonchev–Trinajstić information content (AvgIpc) is 2.32. The molecule has 0 aliphatic heterocycles. The van der Waals surface area contributed by atoms with Gasteiger partial charge in [0.1, 0.15) is 11.1 Å². The minimum absolute atomic E-state index is 0.210. The number of nitrogen functional groups attached to an aromatic ring is 1.